The van der Waals surface area contributed by atoms with Crippen molar-refractivity contribution in [2.24, 2.45) is 23.7 Å². The average molecular weight is 264 g/mol. The highest BCUT2D eigenvalue weighted by Crippen LogP contribution is 2.59. The van der Waals surface area contributed by atoms with Crippen LogP contribution >= 0.6 is 12.2 Å². The first-order chi connectivity index (χ1) is 8.72. The Balaban J connectivity index is 1.77. The Bertz CT molecular complexity index is 511. The summed E-state index contributed by atoms with van der Waals surface area (Å²) in [6.45, 7) is 0. The quantitative estimate of drug-likeness (QED) is 0.781. The number of nitrogens with zero attached hydrogens (tertiary/aromatic N) is 1. The van der Waals surface area contributed by atoms with Crippen LogP contribution < -0.4 is 0 Å². The van der Waals surface area contributed by atoms with Gasteiger partial charge in [0.15, 0.2) is 10.5 Å². The number of aromatic amines is 1. The molecule has 2 nitrogen and oxygen atoms in total. The molecular weight excluding hydrogens is 247 g/mol. The van der Waals surface area contributed by atoms with Gasteiger partial charge in [0.2, 0.25) is 0 Å². The van der Waals surface area contributed by atoms with Gasteiger partial charge in [-0.2, -0.15) is 0 Å². The van der Waals surface area contributed by atoms with Crippen LogP contribution in [0.2, 0.25) is 0 Å². The van der Waals surface area contributed by atoms with E-state index < -0.39 is 0 Å². The lowest BCUT2D eigenvalue weighted by Gasteiger charge is -2.54. The average Bonchev–Trinajstić information content (AvgIpc) is 2.33. The highest BCUT2D eigenvalue weighted by Gasteiger charge is 2.49. The van der Waals surface area contributed by atoms with Crippen molar-refractivity contribution in [1.29, 1.82) is 0 Å². The Labute approximate surface area is 111 Å². The molecule has 18 heavy (non-hydrogen) atoms. The molecule has 0 unspecified atom stereocenters. The number of halogens is 1. The van der Waals surface area contributed by atoms with Gasteiger partial charge in [-0.3, -0.25) is 0 Å². The summed E-state index contributed by atoms with van der Waals surface area (Å²) in [6.07, 6.45) is 8.15. The van der Waals surface area contributed by atoms with E-state index in [1.807, 2.05) is 0 Å². The first kappa shape index (κ1) is 11.1. The fourth-order valence-electron chi connectivity index (χ4n) is 5.03. The zero-order chi connectivity index (χ0) is 12.3. The summed E-state index contributed by atoms with van der Waals surface area (Å²) in [5.41, 5.74) is 0.740. The summed E-state index contributed by atoms with van der Waals surface area (Å²) in [5.74, 6) is 3.26. The van der Waals surface area contributed by atoms with Gasteiger partial charge in [0.1, 0.15) is 0 Å². The molecule has 4 fully saturated rings. The zero-order valence-electron chi connectivity index (χ0n) is 10.2. The van der Waals surface area contributed by atoms with Crippen LogP contribution in [0, 0.1) is 34.1 Å². The SMILES string of the molecule is Fc1c(C2C3CC4CC(C3)CC2C4)[nH]cnc1=S. The van der Waals surface area contributed by atoms with Gasteiger partial charge in [-0.1, -0.05) is 12.2 Å². The van der Waals surface area contributed by atoms with Gasteiger partial charge in [-0.25, -0.2) is 9.37 Å². The number of hydrogen-bond acceptors (Lipinski definition) is 2. The van der Waals surface area contributed by atoms with Crippen molar-refractivity contribution in [1.82, 2.24) is 9.97 Å². The predicted octanol–water partition coefficient (Wildman–Crippen LogP) is 3.82. The van der Waals surface area contributed by atoms with E-state index in [1.165, 1.54) is 32.1 Å². The maximum atomic E-state index is 14.2. The van der Waals surface area contributed by atoms with Crippen LogP contribution in [0.1, 0.15) is 43.7 Å². The first-order valence-electron chi connectivity index (χ1n) is 6.95. The minimum Gasteiger partial charge on any atom is -0.347 e. The molecule has 4 aliphatic rings. The van der Waals surface area contributed by atoms with E-state index in [0.29, 0.717) is 17.8 Å². The minimum atomic E-state index is -0.273. The van der Waals surface area contributed by atoms with Gasteiger partial charge in [0.25, 0.3) is 0 Å². The number of nitrogens with one attached hydrogen (secondary N) is 1. The Morgan fingerprint density at radius 1 is 1.11 bits per heavy atom. The van der Waals surface area contributed by atoms with Gasteiger partial charge >= 0.3 is 0 Å². The molecule has 0 spiro atoms. The smallest absolute Gasteiger partial charge is 0.179 e. The third-order valence-electron chi connectivity index (χ3n) is 5.39. The van der Waals surface area contributed by atoms with Crippen LogP contribution in [0.4, 0.5) is 4.39 Å². The lowest BCUT2D eigenvalue weighted by molar-refractivity contribution is -0.00546. The Morgan fingerprint density at radius 2 is 1.72 bits per heavy atom. The molecule has 4 heteroatoms. The summed E-state index contributed by atoms with van der Waals surface area (Å²) in [5, 5.41) is 0. The standard InChI is InChI=1S/C14H17FN2S/c15-12-13(16-6-17-14(12)18)11-9-2-7-1-8(4-9)5-10(11)3-7/h6-11H,1-5H2,(H,16,17,18). The summed E-state index contributed by atoms with van der Waals surface area (Å²) in [7, 11) is 0. The summed E-state index contributed by atoms with van der Waals surface area (Å²) < 4.78 is 14.3. The van der Waals surface area contributed by atoms with Crippen LogP contribution in [-0.4, -0.2) is 9.97 Å². The summed E-state index contributed by atoms with van der Waals surface area (Å²) in [4.78, 5) is 6.89. The lowest BCUT2D eigenvalue weighted by atomic mass is 9.51. The van der Waals surface area contributed by atoms with Crippen molar-refractivity contribution >= 4 is 12.2 Å². The first-order valence-corrected chi connectivity index (χ1v) is 7.36. The van der Waals surface area contributed by atoms with Crippen molar-refractivity contribution in [2.45, 2.75) is 38.0 Å². The van der Waals surface area contributed by atoms with Crippen molar-refractivity contribution in [2.75, 3.05) is 0 Å². The largest absolute Gasteiger partial charge is 0.347 e. The molecule has 1 aromatic rings. The number of hydrogen-bond donors (Lipinski definition) is 1. The predicted molar refractivity (Wildman–Crippen MR) is 69.2 cm³/mol. The van der Waals surface area contributed by atoms with Crippen LogP contribution in [0.3, 0.4) is 0 Å². The topological polar surface area (TPSA) is 28.7 Å². The van der Waals surface area contributed by atoms with Crippen LogP contribution in [0.5, 0.6) is 0 Å². The minimum absolute atomic E-state index is 0.123. The van der Waals surface area contributed by atoms with E-state index in [0.717, 1.165) is 17.5 Å². The van der Waals surface area contributed by atoms with E-state index >= 15 is 0 Å². The number of H-pyrrole nitrogens is 1. The molecular formula is C14H17FN2S. The van der Waals surface area contributed by atoms with Gasteiger partial charge in [-0.15, -0.1) is 0 Å². The fraction of sp³-hybridized carbons (Fsp3) is 0.714. The second-order valence-corrected chi connectivity index (χ2v) is 6.78. The van der Waals surface area contributed by atoms with Crippen molar-refractivity contribution in [3.63, 3.8) is 0 Å². The van der Waals surface area contributed by atoms with Gasteiger partial charge in [0, 0.05) is 5.92 Å². The van der Waals surface area contributed by atoms with Crippen molar-refractivity contribution < 1.29 is 4.39 Å². The molecule has 0 amide bonds. The molecule has 4 aliphatic carbocycles. The van der Waals surface area contributed by atoms with E-state index in [4.69, 9.17) is 12.2 Å². The van der Waals surface area contributed by atoms with Gasteiger partial charge < -0.3 is 4.98 Å². The molecule has 0 saturated heterocycles. The maximum Gasteiger partial charge on any atom is 0.179 e. The van der Waals surface area contributed by atoms with E-state index in [2.05, 4.69) is 9.97 Å². The van der Waals surface area contributed by atoms with Crippen LogP contribution in [0.25, 0.3) is 0 Å². The Morgan fingerprint density at radius 3 is 2.33 bits per heavy atom. The fourth-order valence-corrected chi connectivity index (χ4v) is 5.20. The third kappa shape index (κ3) is 1.51. The highest BCUT2D eigenvalue weighted by molar-refractivity contribution is 7.71. The molecule has 4 bridgehead atoms. The zero-order valence-corrected chi connectivity index (χ0v) is 11.0. The molecule has 0 radical (unpaired) electrons. The van der Waals surface area contributed by atoms with Crippen LogP contribution in [-0.2, 0) is 0 Å². The molecule has 0 atom stereocenters. The lowest BCUT2D eigenvalue weighted by Crippen LogP contribution is -2.44. The molecule has 1 heterocycles. The monoisotopic (exact) mass is 264 g/mol. The van der Waals surface area contributed by atoms with E-state index in [1.54, 1.807) is 6.33 Å². The van der Waals surface area contributed by atoms with Crippen molar-refractivity contribution in [3.05, 3.63) is 22.5 Å². The molecule has 0 aliphatic heterocycles. The van der Waals surface area contributed by atoms with Gasteiger partial charge in [0.05, 0.1) is 12.0 Å². The van der Waals surface area contributed by atoms with Gasteiger partial charge in [-0.05, 0) is 55.8 Å². The molecule has 0 aromatic carbocycles. The number of rotatable bonds is 1. The van der Waals surface area contributed by atoms with E-state index in [-0.39, 0.29) is 10.5 Å². The Kier molecular flexibility index (Phi) is 2.38. The summed E-state index contributed by atoms with van der Waals surface area (Å²) >= 11 is 4.97. The van der Waals surface area contributed by atoms with E-state index in [9.17, 15) is 4.39 Å². The second-order valence-electron chi connectivity index (χ2n) is 6.39. The highest BCUT2D eigenvalue weighted by atomic mass is 32.1. The number of aromatic nitrogens is 2. The summed E-state index contributed by atoms with van der Waals surface area (Å²) in [6, 6.07) is 0. The normalized spacial score (nSPS) is 41.3. The molecule has 96 valence electrons. The maximum absolute atomic E-state index is 14.2. The third-order valence-corrected chi connectivity index (χ3v) is 5.67. The Hall–Kier alpha value is -0.770. The molecule has 5 rings (SSSR count). The second kappa shape index (κ2) is 3.86. The molecule has 4 saturated carbocycles. The van der Waals surface area contributed by atoms with Crippen molar-refractivity contribution in [3.8, 4) is 0 Å². The molecule has 1 aromatic heterocycles. The molecule has 1 N–H and O–H groups in total. The van der Waals surface area contributed by atoms with Crippen LogP contribution in [0.15, 0.2) is 6.33 Å².